The monoisotopic (exact) mass is 648 g/mol. The van der Waals surface area contributed by atoms with Gasteiger partial charge in [0.05, 0.1) is 0 Å². The maximum atomic E-state index is 2.46. The molecule has 9 aromatic carbocycles. The summed E-state index contributed by atoms with van der Waals surface area (Å²) in [5.74, 6) is 0. The molecule has 51 heavy (non-hydrogen) atoms. The van der Waals surface area contributed by atoms with E-state index in [4.69, 9.17) is 0 Å². The van der Waals surface area contributed by atoms with Crippen LogP contribution in [0.4, 0.5) is 0 Å². The molecule has 0 fully saturated rings. The normalized spacial score (nSPS) is 13.1. The molecule has 0 bridgehead atoms. The molecule has 0 atom stereocenters. The van der Waals surface area contributed by atoms with Crippen molar-refractivity contribution in [3.8, 4) is 55.6 Å². The Bertz CT molecular complexity index is 2810. The molecule has 240 valence electrons. The number of hydrogen-bond donors (Lipinski definition) is 0. The van der Waals surface area contributed by atoms with E-state index in [9.17, 15) is 0 Å². The van der Waals surface area contributed by atoms with E-state index in [-0.39, 0.29) is 5.41 Å². The summed E-state index contributed by atoms with van der Waals surface area (Å²) in [5.41, 5.74) is 15.5. The predicted octanol–water partition coefficient (Wildman–Crippen LogP) is 14.1. The highest BCUT2D eigenvalue weighted by Gasteiger charge is 2.35. The summed E-state index contributed by atoms with van der Waals surface area (Å²) in [7, 11) is 0. The lowest BCUT2D eigenvalue weighted by atomic mass is 9.80. The minimum atomic E-state index is -0.0592. The fourth-order valence-electron chi connectivity index (χ4n) is 8.84. The van der Waals surface area contributed by atoms with Crippen LogP contribution in [0.15, 0.2) is 182 Å². The van der Waals surface area contributed by atoms with Crippen molar-refractivity contribution in [3.63, 3.8) is 0 Å². The lowest BCUT2D eigenvalue weighted by Crippen LogP contribution is -2.14. The number of rotatable bonds is 4. The first-order chi connectivity index (χ1) is 25.1. The van der Waals surface area contributed by atoms with Gasteiger partial charge in [-0.05, 0) is 111 Å². The zero-order valence-corrected chi connectivity index (χ0v) is 28.8. The molecule has 10 rings (SSSR count). The van der Waals surface area contributed by atoms with Gasteiger partial charge in [0.2, 0.25) is 0 Å². The van der Waals surface area contributed by atoms with Crippen molar-refractivity contribution >= 4 is 32.3 Å². The molecule has 1 aliphatic carbocycles. The molecule has 0 saturated heterocycles. The number of hydrogen-bond acceptors (Lipinski definition) is 0. The molecule has 9 aromatic rings. The Balaban J connectivity index is 1.30. The quantitative estimate of drug-likeness (QED) is 0.167. The molecule has 0 aliphatic heterocycles. The average Bonchev–Trinajstić information content (AvgIpc) is 3.42. The fourth-order valence-corrected chi connectivity index (χ4v) is 8.84. The van der Waals surface area contributed by atoms with Crippen LogP contribution in [-0.2, 0) is 5.41 Å². The van der Waals surface area contributed by atoms with E-state index < -0.39 is 0 Å². The van der Waals surface area contributed by atoms with Gasteiger partial charge in [-0.25, -0.2) is 0 Å². The largest absolute Gasteiger partial charge is 0.0622 e. The minimum Gasteiger partial charge on any atom is -0.0622 e. The average molecular weight is 649 g/mol. The Morgan fingerprint density at radius 3 is 1.63 bits per heavy atom. The molecule has 0 nitrogen and oxygen atoms in total. The lowest BCUT2D eigenvalue weighted by molar-refractivity contribution is 0.660. The first-order valence-corrected chi connectivity index (χ1v) is 17.9. The Hall–Kier alpha value is -6.24. The van der Waals surface area contributed by atoms with Crippen molar-refractivity contribution in [2.24, 2.45) is 0 Å². The Morgan fingerprint density at radius 1 is 0.294 bits per heavy atom. The maximum absolute atomic E-state index is 2.46. The summed E-state index contributed by atoms with van der Waals surface area (Å²) in [5, 5.41) is 7.58. The Kier molecular flexibility index (Phi) is 6.63. The number of fused-ring (bicyclic) bond motifs is 6. The van der Waals surface area contributed by atoms with Crippen molar-refractivity contribution in [1.82, 2.24) is 0 Å². The van der Waals surface area contributed by atoms with Crippen molar-refractivity contribution < 1.29 is 0 Å². The Labute approximate surface area is 299 Å². The second kappa shape index (κ2) is 11.4. The molecule has 1 aliphatic rings. The molecule has 0 spiro atoms. The van der Waals surface area contributed by atoms with Crippen molar-refractivity contribution in [2.45, 2.75) is 19.3 Å². The van der Waals surface area contributed by atoms with Crippen molar-refractivity contribution in [2.75, 3.05) is 0 Å². The van der Waals surface area contributed by atoms with Gasteiger partial charge in [-0.2, -0.15) is 0 Å². The summed E-state index contributed by atoms with van der Waals surface area (Å²) < 4.78 is 0. The van der Waals surface area contributed by atoms with Gasteiger partial charge < -0.3 is 0 Å². The fraction of sp³-hybridized carbons (Fsp3) is 0.0588. The predicted molar refractivity (Wildman–Crippen MR) is 218 cm³/mol. The third-order valence-electron chi connectivity index (χ3n) is 11.3. The zero-order chi connectivity index (χ0) is 34.1. The van der Waals surface area contributed by atoms with Crippen LogP contribution >= 0.6 is 0 Å². The standard InChI is InChI=1S/C51H36/c1-51(2)47-26-13-12-21-39(47)40-29-27-36(32-48(40)51)35-28-30-45-46(31-35)50(41-22-9-8-20-37(41)33-15-4-3-5-16-33)44-24-11-10-23-43(44)49(45)42-25-14-18-34-17-6-7-19-38(34)42/h3-32H,1-2H3. The maximum Gasteiger partial charge on any atom is 0.0159 e. The van der Waals surface area contributed by atoms with E-state index in [1.807, 2.05) is 0 Å². The van der Waals surface area contributed by atoms with E-state index in [2.05, 4.69) is 196 Å². The van der Waals surface area contributed by atoms with Gasteiger partial charge in [0, 0.05) is 5.41 Å². The van der Waals surface area contributed by atoms with Gasteiger partial charge in [0.25, 0.3) is 0 Å². The molecule has 0 aromatic heterocycles. The molecule has 0 N–H and O–H groups in total. The molecule has 0 heteroatoms. The topological polar surface area (TPSA) is 0 Å². The second-order valence-corrected chi connectivity index (χ2v) is 14.4. The van der Waals surface area contributed by atoms with Gasteiger partial charge in [0.1, 0.15) is 0 Å². The summed E-state index contributed by atoms with van der Waals surface area (Å²) in [4.78, 5) is 0. The van der Waals surface area contributed by atoms with Crippen molar-refractivity contribution in [1.29, 1.82) is 0 Å². The number of benzene rings is 9. The van der Waals surface area contributed by atoms with Crippen molar-refractivity contribution in [3.05, 3.63) is 193 Å². The first-order valence-electron chi connectivity index (χ1n) is 17.9. The van der Waals surface area contributed by atoms with E-state index in [0.717, 1.165) is 0 Å². The SMILES string of the molecule is CC1(C)c2ccccc2-c2ccc(-c3ccc4c(-c5cccc6ccccc56)c5ccccc5c(-c5ccccc5-c5ccccc5)c4c3)cc21. The molecule has 0 amide bonds. The third kappa shape index (κ3) is 4.53. The van der Waals surface area contributed by atoms with E-state index in [1.165, 1.54) is 99.1 Å². The van der Waals surface area contributed by atoms with Gasteiger partial charge >= 0.3 is 0 Å². The summed E-state index contributed by atoms with van der Waals surface area (Å²) in [6.07, 6.45) is 0. The van der Waals surface area contributed by atoms with Crippen LogP contribution in [0, 0.1) is 0 Å². The summed E-state index contributed by atoms with van der Waals surface area (Å²) >= 11 is 0. The molecular formula is C51H36. The highest BCUT2D eigenvalue weighted by atomic mass is 14.4. The van der Waals surface area contributed by atoms with Gasteiger partial charge in [-0.15, -0.1) is 0 Å². The molecular weight excluding hydrogens is 613 g/mol. The highest BCUT2D eigenvalue weighted by molar-refractivity contribution is 6.24. The van der Waals surface area contributed by atoms with Gasteiger partial charge in [0.15, 0.2) is 0 Å². The van der Waals surface area contributed by atoms with Crippen LogP contribution in [-0.4, -0.2) is 0 Å². The highest BCUT2D eigenvalue weighted by Crippen LogP contribution is 2.51. The Morgan fingerprint density at radius 2 is 0.824 bits per heavy atom. The summed E-state index contributed by atoms with van der Waals surface area (Å²) in [6.45, 7) is 4.73. The van der Waals surface area contributed by atoms with Crippen LogP contribution in [0.3, 0.4) is 0 Å². The van der Waals surface area contributed by atoms with Gasteiger partial charge in [-0.3, -0.25) is 0 Å². The van der Waals surface area contributed by atoms with E-state index in [0.29, 0.717) is 0 Å². The summed E-state index contributed by atoms with van der Waals surface area (Å²) in [6, 6.07) is 67.5. The van der Waals surface area contributed by atoms with Crippen LogP contribution in [0.5, 0.6) is 0 Å². The van der Waals surface area contributed by atoms with Crippen LogP contribution in [0.25, 0.3) is 88.0 Å². The smallest absolute Gasteiger partial charge is 0.0159 e. The first kappa shape index (κ1) is 29.7. The molecule has 0 heterocycles. The van der Waals surface area contributed by atoms with Crippen LogP contribution in [0.1, 0.15) is 25.0 Å². The van der Waals surface area contributed by atoms with E-state index >= 15 is 0 Å². The van der Waals surface area contributed by atoms with Crippen LogP contribution in [0.2, 0.25) is 0 Å². The minimum absolute atomic E-state index is 0.0592. The van der Waals surface area contributed by atoms with E-state index in [1.54, 1.807) is 0 Å². The molecule has 0 unspecified atom stereocenters. The third-order valence-corrected chi connectivity index (χ3v) is 11.3. The van der Waals surface area contributed by atoms with Crippen LogP contribution < -0.4 is 0 Å². The second-order valence-electron chi connectivity index (χ2n) is 14.4. The molecule has 0 saturated carbocycles. The van der Waals surface area contributed by atoms with Gasteiger partial charge in [-0.1, -0.05) is 184 Å². The zero-order valence-electron chi connectivity index (χ0n) is 28.8. The molecule has 0 radical (unpaired) electrons. The lowest BCUT2D eigenvalue weighted by Gasteiger charge is -2.22.